The average Bonchev–Trinajstić information content (AvgIpc) is 3.92. The van der Waals surface area contributed by atoms with Crippen LogP contribution in [0, 0.1) is 0 Å². The number of epoxide rings is 10. The Hall–Kier alpha value is -1.38. The van der Waals surface area contributed by atoms with Gasteiger partial charge in [-0.3, -0.25) is 0 Å². The Balaban J connectivity index is 0.000000283. The fourth-order valence-corrected chi connectivity index (χ4v) is 1.99. The minimum Gasteiger partial charge on any atom is -0.508 e. The summed E-state index contributed by atoms with van der Waals surface area (Å²) < 4.78 is 45.0. The number of rotatable bonds is 8. The third-order valence-electron chi connectivity index (χ3n) is 5.08. The van der Waals surface area contributed by atoms with Gasteiger partial charge in [-0.15, -0.1) is 0 Å². The first-order valence-corrected chi connectivity index (χ1v) is 17.4. The van der Waals surface area contributed by atoms with Crippen molar-refractivity contribution in [1.29, 1.82) is 0 Å². The molecule has 0 amide bonds. The van der Waals surface area contributed by atoms with Gasteiger partial charge < -0.3 is 52.5 Å². The predicted molar refractivity (Wildman–Crippen MR) is 178 cm³/mol. The van der Waals surface area contributed by atoms with Crippen LogP contribution in [0.1, 0.15) is 57.4 Å². The predicted octanol–water partition coefficient (Wildman–Crippen LogP) is 4.85. The molecule has 0 saturated carbocycles. The molecule has 11 nitrogen and oxygen atoms in total. The molecule has 0 aliphatic carbocycles. The molecule has 10 aliphatic heterocycles. The summed E-state index contributed by atoms with van der Waals surface area (Å²) in [6.45, 7) is 22.2. The van der Waals surface area contributed by atoms with E-state index in [0.717, 1.165) is 144 Å². The lowest BCUT2D eigenvalue weighted by Gasteiger charge is -2.04. The number of phenols is 1. The first-order valence-electron chi connectivity index (χ1n) is 17.4. The maximum absolute atomic E-state index is 9.58. The third-order valence-corrected chi connectivity index (χ3v) is 5.08. The van der Waals surface area contributed by atoms with Crippen molar-refractivity contribution in [1.82, 2.24) is 0 Å². The molecule has 1 aromatic carbocycles. The SMILES string of the molecule is C1CO1.C1CO1.C1CO1.C1CO1.C1CO1.C1CO1.C1CO1.C1CO1.C1CO1.C1CO1.CCCCCCCCCc1ccccc1O. The summed E-state index contributed by atoms with van der Waals surface area (Å²) in [7, 11) is 0. The number of ether oxygens (including phenoxy) is 10. The van der Waals surface area contributed by atoms with E-state index in [9.17, 15) is 5.11 Å². The molecule has 1 N–H and O–H groups in total. The zero-order valence-electron chi connectivity index (χ0n) is 28.6. The fourth-order valence-electron chi connectivity index (χ4n) is 1.99. The Morgan fingerprint density at radius 1 is 0.391 bits per heavy atom. The molecule has 0 aromatic heterocycles. The topological polar surface area (TPSA) is 146 Å². The molecule has 10 heterocycles. The van der Waals surface area contributed by atoms with Gasteiger partial charge in [0, 0.05) is 0 Å². The molecule has 0 spiro atoms. The lowest BCUT2D eigenvalue weighted by atomic mass is 10.0. The summed E-state index contributed by atoms with van der Waals surface area (Å²) in [6, 6.07) is 7.67. The van der Waals surface area contributed by atoms with Crippen LogP contribution in [0.3, 0.4) is 0 Å². The van der Waals surface area contributed by atoms with Crippen LogP contribution in [0.15, 0.2) is 24.3 Å². The van der Waals surface area contributed by atoms with Gasteiger partial charge in [0.25, 0.3) is 0 Å². The monoisotopic (exact) mass is 660 g/mol. The van der Waals surface area contributed by atoms with E-state index in [1.54, 1.807) is 6.07 Å². The lowest BCUT2D eigenvalue weighted by molar-refractivity contribution is 0.466. The molecule has 270 valence electrons. The Morgan fingerprint density at radius 3 is 0.870 bits per heavy atom. The molecular formula is C35H64O11. The van der Waals surface area contributed by atoms with Gasteiger partial charge in [-0.2, -0.15) is 0 Å². The summed E-state index contributed by atoms with van der Waals surface area (Å²) in [5, 5.41) is 9.58. The average molecular weight is 661 g/mol. The van der Waals surface area contributed by atoms with Crippen LogP contribution in [0.5, 0.6) is 5.75 Å². The van der Waals surface area contributed by atoms with Crippen LogP contribution >= 0.6 is 0 Å². The van der Waals surface area contributed by atoms with E-state index in [0.29, 0.717) is 5.75 Å². The standard InChI is InChI=1S/C15H24O.10C2H4O/c1-2-3-4-5-6-7-8-11-14-12-9-10-13-15(14)16;10*1-2-3-1/h9-10,12-13,16H,2-8,11H2,1H3;10*1-2H2. The number of aromatic hydroxyl groups is 1. The van der Waals surface area contributed by atoms with Crippen molar-refractivity contribution in [2.75, 3.05) is 132 Å². The number of aryl methyl sites for hydroxylation is 1. The highest BCUT2D eigenvalue weighted by Gasteiger charge is 1.99. The molecule has 11 rings (SSSR count). The highest BCUT2D eigenvalue weighted by molar-refractivity contribution is 5.31. The van der Waals surface area contributed by atoms with Crippen molar-refractivity contribution >= 4 is 0 Å². The number of benzene rings is 1. The number of para-hydroxylation sites is 1. The van der Waals surface area contributed by atoms with E-state index in [1.165, 1.54) is 44.9 Å². The molecule has 10 saturated heterocycles. The molecule has 10 fully saturated rings. The first kappa shape index (κ1) is 42.6. The molecule has 0 radical (unpaired) electrons. The molecule has 10 aliphatic rings. The quantitative estimate of drug-likeness (QED) is 0.302. The molecule has 1 aromatic rings. The van der Waals surface area contributed by atoms with Gasteiger partial charge >= 0.3 is 0 Å². The summed E-state index contributed by atoms with van der Waals surface area (Å²) in [5.74, 6) is 0.452. The molecule has 0 bridgehead atoms. The molecule has 46 heavy (non-hydrogen) atoms. The largest absolute Gasteiger partial charge is 0.508 e. The summed E-state index contributed by atoms with van der Waals surface area (Å²) >= 11 is 0. The van der Waals surface area contributed by atoms with Crippen molar-refractivity contribution in [2.45, 2.75) is 58.3 Å². The van der Waals surface area contributed by atoms with Gasteiger partial charge in [-0.05, 0) is 24.5 Å². The van der Waals surface area contributed by atoms with Gasteiger partial charge in [0.15, 0.2) is 0 Å². The zero-order chi connectivity index (χ0) is 32.9. The van der Waals surface area contributed by atoms with E-state index >= 15 is 0 Å². The van der Waals surface area contributed by atoms with Crippen molar-refractivity contribution in [3.8, 4) is 5.75 Å². The Morgan fingerprint density at radius 2 is 0.630 bits per heavy atom. The van der Waals surface area contributed by atoms with Crippen LogP contribution < -0.4 is 0 Å². The smallest absolute Gasteiger partial charge is 0.118 e. The van der Waals surface area contributed by atoms with E-state index in [1.807, 2.05) is 18.2 Å². The summed E-state index contributed by atoms with van der Waals surface area (Å²) in [5.41, 5.74) is 1.09. The van der Waals surface area contributed by atoms with Gasteiger partial charge in [0.1, 0.15) is 5.75 Å². The van der Waals surface area contributed by atoms with Crippen LogP contribution in [0.25, 0.3) is 0 Å². The Bertz CT molecular complexity index is 578. The fraction of sp³-hybridized carbons (Fsp3) is 0.829. The van der Waals surface area contributed by atoms with Crippen molar-refractivity contribution in [3.05, 3.63) is 29.8 Å². The van der Waals surface area contributed by atoms with Crippen LogP contribution in [0.4, 0.5) is 0 Å². The first-order chi connectivity index (χ1) is 22.8. The van der Waals surface area contributed by atoms with Crippen LogP contribution in [-0.4, -0.2) is 137 Å². The van der Waals surface area contributed by atoms with E-state index < -0.39 is 0 Å². The number of hydrogen-bond donors (Lipinski definition) is 1. The lowest BCUT2D eigenvalue weighted by Crippen LogP contribution is -1.87. The Kier molecular flexibility index (Phi) is 33.8. The highest BCUT2D eigenvalue weighted by atomic mass is 16.6. The van der Waals surface area contributed by atoms with Crippen LogP contribution in [-0.2, 0) is 53.8 Å². The van der Waals surface area contributed by atoms with Crippen molar-refractivity contribution < 1.29 is 52.5 Å². The maximum Gasteiger partial charge on any atom is 0.118 e. The Labute approximate surface area is 278 Å². The minimum absolute atomic E-state index is 0.452. The summed E-state index contributed by atoms with van der Waals surface area (Å²) in [6.07, 6.45) is 10.3. The van der Waals surface area contributed by atoms with Gasteiger partial charge in [-0.25, -0.2) is 0 Å². The van der Waals surface area contributed by atoms with Gasteiger partial charge in [0.05, 0.1) is 132 Å². The van der Waals surface area contributed by atoms with Crippen molar-refractivity contribution in [2.24, 2.45) is 0 Å². The second-order valence-corrected chi connectivity index (χ2v) is 10.6. The molecular weight excluding hydrogens is 596 g/mol. The minimum atomic E-state index is 0.452. The van der Waals surface area contributed by atoms with E-state index in [4.69, 9.17) is 0 Å². The second-order valence-electron chi connectivity index (χ2n) is 10.6. The van der Waals surface area contributed by atoms with E-state index in [-0.39, 0.29) is 0 Å². The maximum atomic E-state index is 9.58. The van der Waals surface area contributed by atoms with Crippen LogP contribution in [0.2, 0.25) is 0 Å². The molecule has 0 atom stereocenters. The zero-order valence-corrected chi connectivity index (χ0v) is 28.6. The van der Waals surface area contributed by atoms with E-state index in [2.05, 4.69) is 54.3 Å². The highest BCUT2D eigenvalue weighted by Crippen LogP contribution is 2.18. The second kappa shape index (κ2) is 36.5. The summed E-state index contributed by atoms with van der Waals surface area (Å²) in [4.78, 5) is 0. The normalized spacial score (nSPS) is 19.3. The van der Waals surface area contributed by atoms with Gasteiger partial charge in [-0.1, -0.05) is 63.6 Å². The van der Waals surface area contributed by atoms with Crippen molar-refractivity contribution in [3.63, 3.8) is 0 Å². The third kappa shape index (κ3) is 90.1. The number of phenolic OH excluding ortho intramolecular Hbond substituents is 1. The molecule has 11 heteroatoms. The molecule has 0 unspecified atom stereocenters. The van der Waals surface area contributed by atoms with Gasteiger partial charge in [0.2, 0.25) is 0 Å². The number of hydrogen-bond acceptors (Lipinski definition) is 11. The number of unbranched alkanes of at least 4 members (excludes halogenated alkanes) is 6.